The van der Waals surface area contributed by atoms with Crippen molar-refractivity contribution >= 4 is 5.91 Å². The Morgan fingerprint density at radius 3 is 2.93 bits per heavy atom. The van der Waals surface area contributed by atoms with E-state index in [1.807, 2.05) is 11.8 Å². The van der Waals surface area contributed by atoms with Crippen LogP contribution in [0.4, 0.5) is 8.78 Å². The van der Waals surface area contributed by atoms with Gasteiger partial charge in [0.05, 0.1) is 0 Å². The molecule has 4 rings (SSSR count). The first kappa shape index (κ1) is 19.1. The van der Waals surface area contributed by atoms with E-state index in [1.165, 1.54) is 6.39 Å². The van der Waals surface area contributed by atoms with Gasteiger partial charge in [-0.25, -0.2) is 13.8 Å². The molecule has 2 fully saturated rings. The van der Waals surface area contributed by atoms with Crippen LogP contribution in [0.3, 0.4) is 0 Å². The van der Waals surface area contributed by atoms with Crippen molar-refractivity contribution < 1.29 is 18.0 Å². The van der Waals surface area contributed by atoms with Crippen LogP contribution >= 0.6 is 0 Å². The van der Waals surface area contributed by atoms with E-state index in [0.29, 0.717) is 43.1 Å². The molecule has 5 nitrogen and oxygen atoms in total. The Balaban J connectivity index is 1.44. The quantitative estimate of drug-likeness (QED) is 0.801. The minimum Gasteiger partial charge on any atom is -0.448 e. The number of carbonyl (C=O) groups excluding carboxylic acids is 1. The van der Waals surface area contributed by atoms with E-state index in [4.69, 9.17) is 4.42 Å². The zero-order valence-corrected chi connectivity index (χ0v) is 16.1. The van der Waals surface area contributed by atoms with Crippen LogP contribution in [0.2, 0.25) is 0 Å². The second-order valence-electron chi connectivity index (χ2n) is 7.98. The summed E-state index contributed by atoms with van der Waals surface area (Å²) in [7, 11) is 0. The molecule has 0 saturated carbocycles. The number of oxazole rings is 1. The summed E-state index contributed by atoms with van der Waals surface area (Å²) in [5.41, 5.74) is 0.806. The normalized spacial score (nSPS) is 22.9. The van der Waals surface area contributed by atoms with Gasteiger partial charge in [0.25, 0.3) is 5.91 Å². The van der Waals surface area contributed by atoms with E-state index in [0.717, 1.165) is 38.4 Å². The van der Waals surface area contributed by atoms with Crippen LogP contribution < -0.4 is 0 Å². The van der Waals surface area contributed by atoms with Gasteiger partial charge in [0, 0.05) is 43.6 Å². The number of likely N-dealkylation sites (tertiary alicyclic amines) is 2. The van der Waals surface area contributed by atoms with E-state index in [-0.39, 0.29) is 11.3 Å². The monoisotopic (exact) mass is 389 g/mol. The number of amides is 1. The maximum absolute atomic E-state index is 14.1. The molecule has 2 aromatic rings. The Hall–Kier alpha value is -2.28. The molecule has 7 heteroatoms. The van der Waals surface area contributed by atoms with Crippen LogP contribution in [0, 0.1) is 17.0 Å². The topological polar surface area (TPSA) is 49.6 Å². The lowest BCUT2D eigenvalue weighted by atomic mass is 9.79. The van der Waals surface area contributed by atoms with Crippen LogP contribution in [0.1, 0.15) is 48.0 Å². The van der Waals surface area contributed by atoms with Crippen molar-refractivity contribution in [3.63, 3.8) is 0 Å². The molecule has 1 aromatic heterocycles. The summed E-state index contributed by atoms with van der Waals surface area (Å²) in [6.45, 7) is 5.33. The average Bonchev–Trinajstić information content (AvgIpc) is 3.32. The molecule has 1 aromatic carbocycles. The van der Waals surface area contributed by atoms with Gasteiger partial charge in [0.1, 0.15) is 5.76 Å². The molecule has 150 valence electrons. The van der Waals surface area contributed by atoms with Crippen LogP contribution in [-0.4, -0.2) is 46.9 Å². The summed E-state index contributed by atoms with van der Waals surface area (Å²) >= 11 is 0. The zero-order valence-electron chi connectivity index (χ0n) is 16.1. The number of benzene rings is 1. The minimum atomic E-state index is -0.804. The number of nitrogens with zero attached hydrogens (tertiary/aromatic N) is 3. The zero-order chi connectivity index (χ0) is 19.7. The third kappa shape index (κ3) is 3.55. The standard InChI is InChI=1S/C21H25F2N3O2/c1-2-17-19(24-14-28-17)20(27)26-10-8-21(13-26)7-4-9-25(12-21)11-15-5-3-6-16(22)18(15)23/h3,5-6,14H,2,4,7-13H2,1H3. The smallest absolute Gasteiger partial charge is 0.276 e. The van der Waals surface area contributed by atoms with Gasteiger partial charge in [-0.15, -0.1) is 0 Å². The molecule has 1 atom stereocenters. The number of hydrogen-bond donors (Lipinski definition) is 0. The predicted molar refractivity (Wildman–Crippen MR) is 99.7 cm³/mol. The third-order valence-electron chi connectivity index (χ3n) is 6.06. The highest BCUT2D eigenvalue weighted by Crippen LogP contribution is 2.40. The highest BCUT2D eigenvalue weighted by atomic mass is 19.2. The first-order chi connectivity index (χ1) is 13.5. The van der Waals surface area contributed by atoms with Gasteiger partial charge >= 0.3 is 0 Å². The number of hydrogen-bond acceptors (Lipinski definition) is 4. The van der Waals surface area contributed by atoms with Crippen molar-refractivity contribution in [2.75, 3.05) is 26.2 Å². The predicted octanol–water partition coefficient (Wildman–Crippen LogP) is 3.64. The lowest BCUT2D eigenvalue weighted by molar-refractivity contribution is 0.0667. The van der Waals surface area contributed by atoms with Crippen LogP contribution in [0.25, 0.3) is 0 Å². The number of piperidine rings is 1. The van der Waals surface area contributed by atoms with E-state index >= 15 is 0 Å². The maximum Gasteiger partial charge on any atom is 0.276 e. The van der Waals surface area contributed by atoms with E-state index in [2.05, 4.69) is 9.88 Å². The summed E-state index contributed by atoms with van der Waals surface area (Å²) in [6, 6.07) is 4.33. The average molecular weight is 389 g/mol. The molecular formula is C21H25F2N3O2. The van der Waals surface area contributed by atoms with Crippen LogP contribution in [0.5, 0.6) is 0 Å². The van der Waals surface area contributed by atoms with Crippen LogP contribution in [-0.2, 0) is 13.0 Å². The van der Waals surface area contributed by atoms with E-state index in [1.54, 1.807) is 12.1 Å². The molecule has 1 spiro atoms. The molecule has 0 N–H and O–H groups in total. The molecule has 0 radical (unpaired) electrons. The highest BCUT2D eigenvalue weighted by molar-refractivity contribution is 5.93. The fraction of sp³-hybridized carbons (Fsp3) is 0.524. The second kappa shape index (κ2) is 7.62. The Morgan fingerprint density at radius 2 is 2.11 bits per heavy atom. The van der Waals surface area contributed by atoms with Crippen molar-refractivity contribution in [2.45, 2.75) is 39.2 Å². The van der Waals surface area contributed by atoms with Gasteiger partial charge in [-0.05, 0) is 31.9 Å². The van der Waals surface area contributed by atoms with Gasteiger partial charge in [0.2, 0.25) is 0 Å². The van der Waals surface area contributed by atoms with Gasteiger partial charge in [-0.2, -0.15) is 0 Å². The van der Waals surface area contributed by atoms with E-state index < -0.39 is 11.6 Å². The molecule has 1 amide bonds. The third-order valence-corrected chi connectivity index (χ3v) is 6.06. The summed E-state index contributed by atoms with van der Waals surface area (Å²) in [5, 5.41) is 0. The Labute approximate surface area is 163 Å². The number of aromatic nitrogens is 1. The van der Waals surface area contributed by atoms with Crippen molar-refractivity contribution in [3.8, 4) is 0 Å². The number of aryl methyl sites for hydroxylation is 1. The highest BCUT2D eigenvalue weighted by Gasteiger charge is 2.43. The molecule has 2 aliphatic rings. The van der Waals surface area contributed by atoms with Crippen molar-refractivity contribution in [2.24, 2.45) is 5.41 Å². The lowest BCUT2D eigenvalue weighted by Crippen LogP contribution is -2.45. The molecule has 2 saturated heterocycles. The minimum absolute atomic E-state index is 0.00776. The number of rotatable bonds is 4. The lowest BCUT2D eigenvalue weighted by Gasteiger charge is -2.40. The van der Waals surface area contributed by atoms with Crippen molar-refractivity contribution in [1.29, 1.82) is 0 Å². The Kier molecular flexibility index (Phi) is 5.19. The summed E-state index contributed by atoms with van der Waals surface area (Å²) < 4.78 is 32.9. The van der Waals surface area contributed by atoms with Gasteiger partial charge in [-0.3, -0.25) is 9.69 Å². The molecule has 0 bridgehead atoms. The molecule has 0 aliphatic carbocycles. The maximum atomic E-state index is 14.1. The van der Waals surface area contributed by atoms with Gasteiger partial charge in [-0.1, -0.05) is 19.1 Å². The summed E-state index contributed by atoms with van der Waals surface area (Å²) in [6.07, 6.45) is 4.91. The Morgan fingerprint density at radius 1 is 1.25 bits per heavy atom. The molecule has 1 unspecified atom stereocenters. The fourth-order valence-corrected chi connectivity index (χ4v) is 4.64. The number of halogens is 2. The molecule has 2 aliphatic heterocycles. The SMILES string of the molecule is CCc1ocnc1C(=O)N1CCC2(CCCN(Cc3cccc(F)c3F)C2)C1. The Bertz CT molecular complexity index is 869. The van der Waals surface area contributed by atoms with Gasteiger partial charge in [0.15, 0.2) is 23.7 Å². The summed E-state index contributed by atoms with van der Waals surface area (Å²) in [5.74, 6) is -1.02. The molecule has 3 heterocycles. The second-order valence-corrected chi connectivity index (χ2v) is 7.98. The fourth-order valence-electron chi connectivity index (χ4n) is 4.64. The van der Waals surface area contributed by atoms with Crippen molar-refractivity contribution in [1.82, 2.24) is 14.8 Å². The van der Waals surface area contributed by atoms with E-state index in [9.17, 15) is 13.6 Å². The summed E-state index contributed by atoms with van der Waals surface area (Å²) in [4.78, 5) is 21.0. The largest absolute Gasteiger partial charge is 0.448 e. The molecule has 28 heavy (non-hydrogen) atoms. The first-order valence-corrected chi connectivity index (χ1v) is 9.88. The number of carbonyl (C=O) groups is 1. The molecular weight excluding hydrogens is 364 g/mol. The first-order valence-electron chi connectivity index (χ1n) is 9.88. The van der Waals surface area contributed by atoms with Crippen LogP contribution in [0.15, 0.2) is 29.0 Å². The van der Waals surface area contributed by atoms with Crippen molar-refractivity contribution in [3.05, 3.63) is 53.2 Å². The van der Waals surface area contributed by atoms with Gasteiger partial charge < -0.3 is 9.32 Å².